The molecule has 31 heavy (non-hydrogen) atoms. The van der Waals surface area contributed by atoms with E-state index in [0.29, 0.717) is 12.2 Å². The second-order valence-corrected chi connectivity index (χ2v) is 7.52. The Morgan fingerprint density at radius 3 is 2.26 bits per heavy atom. The van der Waals surface area contributed by atoms with E-state index >= 15 is 0 Å². The zero-order valence-electron chi connectivity index (χ0n) is 17.3. The molecule has 2 N–H and O–H groups in total. The summed E-state index contributed by atoms with van der Waals surface area (Å²) >= 11 is 0. The number of H-pyrrole nitrogens is 1. The minimum Gasteiger partial charge on any atom is -0.444 e. The molecule has 0 bridgehead atoms. The normalized spacial score (nSPS) is 11.8. The fourth-order valence-electron chi connectivity index (χ4n) is 3.84. The van der Waals surface area contributed by atoms with Gasteiger partial charge in [-0.2, -0.15) is 0 Å². The van der Waals surface area contributed by atoms with E-state index < -0.39 is 6.09 Å². The van der Waals surface area contributed by atoms with Crippen LogP contribution < -0.4 is 5.32 Å². The van der Waals surface area contributed by atoms with Crippen LogP contribution in [-0.4, -0.2) is 16.9 Å². The van der Waals surface area contributed by atoms with Crippen LogP contribution in [0.3, 0.4) is 0 Å². The first-order chi connectivity index (χ1) is 15.1. The van der Waals surface area contributed by atoms with Crippen molar-refractivity contribution in [2.24, 2.45) is 0 Å². The fraction of sp³-hybridized carbons (Fsp3) is 0.154. The number of rotatable bonds is 7. The quantitative estimate of drug-likeness (QED) is 0.389. The van der Waals surface area contributed by atoms with Crippen LogP contribution in [0.4, 0.5) is 10.6 Å². The van der Waals surface area contributed by atoms with E-state index in [4.69, 9.17) is 4.74 Å². The van der Waals surface area contributed by atoms with Crippen molar-refractivity contribution in [3.8, 4) is 0 Å². The molecule has 0 aliphatic rings. The highest BCUT2D eigenvalue weighted by molar-refractivity contribution is 5.95. The number of ketones is 1. The lowest BCUT2D eigenvalue weighted by Crippen LogP contribution is -2.16. The van der Waals surface area contributed by atoms with Crippen molar-refractivity contribution in [3.63, 3.8) is 0 Å². The van der Waals surface area contributed by atoms with E-state index in [1.54, 1.807) is 6.92 Å². The SMILES string of the molecule is CC(=O)CC(c1ccccc1)c1c(NC(=O)OCc2ccccc2)[nH]c2ccccc12. The molecule has 3 aromatic carbocycles. The van der Waals surface area contributed by atoms with Gasteiger partial charge < -0.3 is 9.72 Å². The molecule has 156 valence electrons. The van der Waals surface area contributed by atoms with Crippen LogP contribution in [0.25, 0.3) is 10.9 Å². The highest BCUT2D eigenvalue weighted by Gasteiger charge is 2.25. The summed E-state index contributed by atoms with van der Waals surface area (Å²) in [4.78, 5) is 28.0. The number of para-hydroxylation sites is 1. The monoisotopic (exact) mass is 412 g/mol. The van der Waals surface area contributed by atoms with Crippen molar-refractivity contribution in [2.45, 2.75) is 25.9 Å². The van der Waals surface area contributed by atoms with Crippen LogP contribution in [0.2, 0.25) is 0 Å². The van der Waals surface area contributed by atoms with Crippen LogP contribution in [0.5, 0.6) is 0 Å². The van der Waals surface area contributed by atoms with Gasteiger partial charge in [0.1, 0.15) is 18.2 Å². The first-order valence-electron chi connectivity index (χ1n) is 10.2. The maximum absolute atomic E-state index is 12.6. The van der Waals surface area contributed by atoms with Gasteiger partial charge in [0.15, 0.2) is 0 Å². The maximum atomic E-state index is 12.6. The number of Topliss-reactive ketones (excluding diaryl/α,β-unsaturated/α-hetero) is 1. The van der Waals surface area contributed by atoms with Gasteiger partial charge in [-0.3, -0.25) is 10.1 Å². The number of aromatic nitrogens is 1. The average molecular weight is 412 g/mol. The smallest absolute Gasteiger partial charge is 0.413 e. The van der Waals surface area contributed by atoms with E-state index in [0.717, 1.165) is 27.6 Å². The highest BCUT2D eigenvalue weighted by Crippen LogP contribution is 2.38. The molecule has 5 nitrogen and oxygen atoms in total. The fourth-order valence-corrected chi connectivity index (χ4v) is 3.84. The third-order valence-corrected chi connectivity index (χ3v) is 5.23. The van der Waals surface area contributed by atoms with Crippen LogP contribution >= 0.6 is 0 Å². The molecule has 0 saturated carbocycles. The molecule has 4 aromatic rings. The van der Waals surface area contributed by atoms with E-state index in [1.165, 1.54) is 0 Å². The Kier molecular flexibility index (Phi) is 6.13. The number of hydrogen-bond acceptors (Lipinski definition) is 3. The van der Waals surface area contributed by atoms with Gasteiger partial charge in [0.05, 0.1) is 0 Å². The molecule has 1 heterocycles. The number of hydrogen-bond donors (Lipinski definition) is 2. The Labute approximate surface area is 181 Å². The zero-order chi connectivity index (χ0) is 21.6. The summed E-state index contributed by atoms with van der Waals surface area (Å²) < 4.78 is 5.41. The van der Waals surface area contributed by atoms with Crippen LogP contribution in [0.1, 0.15) is 36.0 Å². The van der Waals surface area contributed by atoms with Gasteiger partial charge in [-0.25, -0.2) is 4.79 Å². The van der Waals surface area contributed by atoms with E-state index in [-0.39, 0.29) is 18.3 Å². The van der Waals surface area contributed by atoms with Crippen LogP contribution in [-0.2, 0) is 16.1 Å². The minimum atomic E-state index is -0.550. The van der Waals surface area contributed by atoms with Crippen molar-refractivity contribution in [1.82, 2.24) is 4.98 Å². The lowest BCUT2D eigenvalue weighted by atomic mass is 9.86. The molecule has 5 heteroatoms. The molecule has 0 spiro atoms. The summed E-state index contributed by atoms with van der Waals surface area (Å²) in [6.07, 6.45) is -0.217. The number of aromatic amines is 1. The standard InChI is InChI=1S/C26H24N2O3/c1-18(29)16-22(20-12-6-3-7-13-20)24-21-14-8-9-15-23(21)27-25(24)28-26(30)31-17-19-10-4-2-5-11-19/h2-15,22,27H,16-17H2,1H3,(H,28,30). The van der Waals surface area contributed by atoms with Crippen molar-refractivity contribution < 1.29 is 14.3 Å². The number of carbonyl (C=O) groups is 2. The highest BCUT2D eigenvalue weighted by atomic mass is 16.5. The Bertz CT molecular complexity index is 1180. The van der Waals surface area contributed by atoms with Gasteiger partial charge in [-0.05, 0) is 24.1 Å². The first kappa shape index (κ1) is 20.4. The maximum Gasteiger partial charge on any atom is 0.413 e. The number of nitrogens with one attached hydrogen (secondary N) is 2. The van der Waals surface area contributed by atoms with Gasteiger partial charge in [-0.1, -0.05) is 78.9 Å². The first-order valence-corrected chi connectivity index (χ1v) is 10.2. The molecular weight excluding hydrogens is 388 g/mol. The predicted molar refractivity (Wildman–Crippen MR) is 122 cm³/mol. The number of amides is 1. The number of fused-ring (bicyclic) bond motifs is 1. The van der Waals surface area contributed by atoms with Gasteiger partial charge in [0.25, 0.3) is 0 Å². The largest absolute Gasteiger partial charge is 0.444 e. The zero-order valence-corrected chi connectivity index (χ0v) is 17.3. The predicted octanol–water partition coefficient (Wildman–Crippen LogP) is 6.03. The third kappa shape index (κ3) is 4.83. The van der Waals surface area contributed by atoms with Gasteiger partial charge in [0, 0.05) is 28.8 Å². The van der Waals surface area contributed by atoms with E-state index in [1.807, 2.05) is 84.9 Å². The molecule has 1 aromatic heterocycles. The number of ether oxygens (including phenoxy) is 1. The second kappa shape index (κ2) is 9.30. The van der Waals surface area contributed by atoms with Crippen molar-refractivity contribution in [3.05, 3.63) is 102 Å². The molecule has 0 aliphatic heterocycles. The van der Waals surface area contributed by atoms with Gasteiger partial charge in [0.2, 0.25) is 0 Å². The summed E-state index contributed by atoms with van der Waals surface area (Å²) in [5, 5.41) is 3.83. The lowest BCUT2D eigenvalue weighted by Gasteiger charge is -2.18. The van der Waals surface area contributed by atoms with E-state index in [2.05, 4.69) is 10.3 Å². The molecule has 0 aliphatic carbocycles. The number of benzene rings is 3. The Morgan fingerprint density at radius 2 is 1.55 bits per heavy atom. The molecule has 0 saturated heterocycles. The molecular formula is C26H24N2O3. The number of anilines is 1. The molecule has 4 rings (SSSR count). The van der Waals surface area contributed by atoms with Crippen LogP contribution in [0, 0.1) is 0 Å². The minimum absolute atomic E-state index is 0.0803. The average Bonchev–Trinajstić information content (AvgIpc) is 3.15. The van der Waals surface area contributed by atoms with Gasteiger partial charge in [-0.15, -0.1) is 0 Å². The molecule has 1 amide bonds. The Balaban J connectivity index is 1.68. The second-order valence-electron chi connectivity index (χ2n) is 7.52. The topological polar surface area (TPSA) is 71.2 Å². The van der Waals surface area contributed by atoms with Crippen LogP contribution in [0.15, 0.2) is 84.9 Å². The van der Waals surface area contributed by atoms with E-state index in [9.17, 15) is 9.59 Å². The summed E-state index contributed by atoms with van der Waals surface area (Å²) in [5.41, 5.74) is 3.70. The summed E-state index contributed by atoms with van der Waals surface area (Å²) in [5.74, 6) is 0.436. The molecule has 1 unspecified atom stereocenters. The van der Waals surface area contributed by atoms with Crippen molar-refractivity contribution in [1.29, 1.82) is 0 Å². The summed E-state index contributed by atoms with van der Waals surface area (Å²) in [6, 6.07) is 27.2. The Hall–Kier alpha value is -3.86. The molecule has 1 atom stereocenters. The molecule has 0 radical (unpaired) electrons. The third-order valence-electron chi connectivity index (χ3n) is 5.23. The number of carbonyl (C=O) groups excluding carboxylic acids is 2. The van der Waals surface area contributed by atoms with Gasteiger partial charge >= 0.3 is 6.09 Å². The van der Waals surface area contributed by atoms with Crippen molar-refractivity contribution in [2.75, 3.05) is 5.32 Å². The summed E-state index contributed by atoms with van der Waals surface area (Å²) in [6.45, 7) is 1.77. The van der Waals surface area contributed by atoms with Crippen molar-refractivity contribution >= 4 is 28.6 Å². The Morgan fingerprint density at radius 1 is 0.903 bits per heavy atom. The lowest BCUT2D eigenvalue weighted by molar-refractivity contribution is -0.117. The summed E-state index contributed by atoms with van der Waals surface area (Å²) in [7, 11) is 0. The molecule has 0 fully saturated rings.